The van der Waals surface area contributed by atoms with Crippen molar-refractivity contribution in [2.24, 2.45) is 10.4 Å². The van der Waals surface area contributed by atoms with Crippen molar-refractivity contribution in [3.63, 3.8) is 0 Å². The van der Waals surface area contributed by atoms with Gasteiger partial charge in [0.05, 0.1) is 5.41 Å². The van der Waals surface area contributed by atoms with Crippen LogP contribution in [-0.2, 0) is 17.6 Å². The lowest BCUT2D eigenvalue weighted by Crippen LogP contribution is -2.33. The Kier molecular flexibility index (Phi) is 2.22. The molecule has 2 heterocycles. The van der Waals surface area contributed by atoms with E-state index in [1.165, 1.54) is 0 Å². The number of nitrogens with two attached hydrogens (primary N) is 1. The maximum Gasteiger partial charge on any atom is 0.237 e. The molecule has 1 aromatic carbocycles. The smallest absolute Gasteiger partial charge is 0.237 e. The standard InChI is InChI=1S/C14H13ClN4O/c15-11-10-12(18-6-17-11)19-13(20)14(10)4-7-1-2-9(16)3-8(7)5-14/h1-3,17H,4-6,16H2,(H,18,19,20). The number of anilines is 1. The van der Waals surface area contributed by atoms with E-state index in [1.54, 1.807) is 0 Å². The molecule has 4 N–H and O–H groups in total. The number of hydrogen-bond acceptors (Lipinski definition) is 4. The number of nitrogens with zero attached hydrogens (tertiary/aromatic N) is 1. The Hall–Kier alpha value is -2.01. The number of nitrogen functional groups attached to an aromatic ring is 1. The van der Waals surface area contributed by atoms with E-state index in [9.17, 15) is 4.79 Å². The van der Waals surface area contributed by atoms with Crippen LogP contribution in [-0.4, -0.2) is 18.4 Å². The third-order valence-electron chi connectivity index (χ3n) is 4.29. The molecule has 0 bridgehead atoms. The summed E-state index contributed by atoms with van der Waals surface area (Å²) in [7, 11) is 0. The first-order valence-electron chi connectivity index (χ1n) is 6.48. The lowest BCUT2D eigenvalue weighted by molar-refractivity contribution is -0.125. The Labute approximate surface area is 120 Å². The predicted molar refractivity (Wildman–Crippen MR) is 77.2 cm³/mol. The third-order valence-corrected chi connectivity index (χ3v) is 4.61. The number of halogens is 1. The number of benzene rings is 1. The fraction of sp³-hybridized carbons (Fsp3) is 0.286. The molecular formula is C14H13ClN4O. The Bertz CT molecular complexity index is 709. The molecule has 1 amide bonds. The minimum Gasteiger partial charge on any atom is -0.399 e. The second-order valence-corrected chi connectivity index (χ2v) is 5.83. The summed E-state index contributed by atoms with van der Waals surface area (Å²) in [5, 5.41) is 6.39. The Morgan fingerprint density at radius 1 is 1.30 bits per heavy atom. The first-order valence-corrected chi connectivity index (χ1v) is 6.86. The van der Waals surface area contributed by atoms with Crippen LogP contribution in [0.15, 0.2) is 33.9 Å². The van der Waals surface area contributed by atoms with Gasteiger partial charge in [-0.3, -0.25) is 4.79 Å². The maximum absolute atomic E-state index is 12.5. The fourth-order valence-corrected chi connectivity index (χ4v) is 3.70. The summed E-state index contributed by atoms with van der Waals surface area (Å²) in [6.45, 7) is 0.397. The molecule has 1 aliphatic carbocycles. The molecule has 20 heavy (non-hydrogen) atoms. The second-order valence-electron chi connectivity index (χ2n) is 5.45. The van der Waals surface area contributed by atoms with Gasteiger partial charge in [-0.1, -0.05) is 17.7 Å². The molecule has 4 rings (SSSR count). The van der Waals surface area contributed by atoms with Crippen LogP contribution in [0.4, 0.5) is 5.69 Å². The van der Waals surface area contributed by atoms with Gasteiger partial charge in [-0.05, 0) is 36.1 Å². The molecule has 1 unspecified atom stereocenters. The molecule has 1 fully saturated rings. The average Bonchev–Trinajstić information content (AvgIpc) is 2.89. The fourth-order valence-electron chi connectivity index (χ4n) is 3.37. The van der Waals surface area contributed by atoms with Gasteiger partial charge in [0.25, 0.3) is 0 Å². The monoisotopic (exact) mass is 288 g/mol. The number of carbonyl (C=O) groups excluding carboxylic acids is 1. The summed E-state index contributed by atoms with van der Waals surface area (Å²) in [6.07, 6.45) is 1.26. The van der Waals surface area contributed by atoms with Crippen LogP contribution in [0, 0.1) is 5.41 Å². The zero-order valence-electron chi connectivity index (χ0n) is 10.7. The first-order chi connectivity index (χ1) is 9.60. The summed E-state index contributed by atoms with van der Waals surface area (Å²) in [5.74, 6) is 0.586. The van der Waals surface area contributed by atoms with Crippen molar-refractivity contribution in [1.29, 1.82) is 0 Å². The second kappa shape index (κ2) is 3.76. The number of amides is 1. The van der Waals surface area contributed by atoms with Crippen molar-refractivity contribution in [2.45, 2.75) is 12.8 Å². The van der Waals surface area contributed by atoms with E-state index in [4.69, 9.17) is 17.3 Å². The van der Waals surface area contributed by atoms with E-state index in [0.29, 0.717) is 30.5 Å². The molecule has 5 nitrogen and oxygen atoms in total. The summed E-state index contributed by atoms with van der Waals surface area (Å²) in [5.41, 5.74) is 8.98. The van der Waals surface area contributed by atoms with E-state index < -0.39 is 5.41 Å². The Morgan fingerprint density at radius 2 is 2.10 bits per heavy atom. The van der Waals surface area contributed by atoms with Gasteiger partial charge in [-0.2, -0.15) is 0 Å². The highest BCUT2D eigenvalue weighted by atomic mass is 35.5. The normalized spacial score (nSPS) is 27.1. The highest BCUT2D eigenvalue weighted by molar-refractivity contribution is 6.35. The van der Waals surface area contributed by atoms with E-state index in [-0.39, 0.29) is 5.91 Å². The van der Waals surface area contributed by atoms with Gasteiger partial charge < -0.3 is 16.4 Å². The predicted octanol–water partition coefficient (Wildman–Crippen LogP) is 0.893. The molecular weight excluding hydrogens is 276 g/mol. The van der Waals surface area contributed by atoms with Crippen molar-refractivity contribution in [3.8, 4) is 0 Å². The van der Waals surface area contributed by atoms with Crippen LogP contribution in [0.1, 0.15) is 11.1 Å². The van der Waals surface area contributed by atoms with Gasteiger partial charge in [0, 0.05) is 11.3 Å². The van der Waals surface area contributed by atoms with Crippen molar-refractivity contribution < 1.29 is 4.79 Å². The summed E-state index contributed by atoms with van der Waals surface area (Å²) in [4.78, 5) is 16.8. The molecule has 102 valence electrons. The van der Waals surface area contributed by atoms with E-state index in [2.05, 4.69) is 15.6 Å². The first kappa shape index (κ1) is 11.8. The van der Waals surface area contributed by atoms with Crippen molar-refractivity contribution >= 4 is 29.0 Å². The van der Waals surface area contributed by atoms with Gasteiger partial charge in [0.1, 0.15) is 17.7 Å². The summed E-state index contributed by atoms with van der Waals surface area (Å²) in [6, 6.07) is 5.80. The van der Waals surface area contributed by atoms with Gasteiger partial charge in [0.15, 0.2) is 0 Å². The van der Waals surface area contributed by atoms with E-state index in [0.717, 1.165) is 22.4 Å². The van der Waals surface area contributed by atoms with Gasteiger partial charge >= 0.3 is 0 Å². The van der Waals surface area contributed by atoms with Crippen molar-refractivity contribution in [3.05, 3.63) is 40.1 Å². The minimum atomic E-state index is -0.639. The Balaban J connectivity index is 1.87. The average molecular weight is 289 g/mol. The molecule has 1 saturated heterocycles. The number of hydrogen-bond donors (Lipinski definition) is 3. The highest BCUT2D eigenvalue weighted by Crippen LogP contribution is 2.48. The lowest BCUT2D eigenvalue weighted by atomic mass is 9.79. The molecule has 6 heteroatoms. The molecule has 1 atom stereocenters. The minimum absolute atomic E-state index is 0.0251. The quantitative estimate of drug-likeness (QED) is 0.490. The highest BCUT2D eigenvalue weighted by Gasteiger charge is 2.55. The number of rotatable bonds is 0. The van der Waals surface area contributed by atoms with Gasteiger partial charge in [0.2, 0.25) is 5.91 Å². The number of amidine groups is 1. The van der Waals surface area contributed by atoms with Gasteiger partial charge in [-0.15, -0.1) is 0 Å². The van der Waals surface area contributed by atoms with Crippen LogP contribution in [0.2, 0.25) is 0 Å². The summed E-state index contributed by atoms with van der Waals surface area (Å²) < 4.78 is 0. The van der Waals surface area contributed by atoms with Crippen molar-refractivity contribution in [2.75, 3.05) is 12.4 Å². The van der Waals surface area contributed by atoms with Crippen LogP contribution in [0.25, 0.3) is 0 Å². The SMILES string of the molecule is Nc1ccc2c(c1)CC1(C2)C(=O)NC2=NCNC(Cl)=C21. The van der Waals surface area contributed by atoms with E-state index in [1.807, 2.05) is 18.2 Å². The van der Waals surface area contributed by atoms with Crippen LogP contribution >= 0.6 is 11.6 Å². The Morgan fingerprint density at radius 3 is 2.95 bits per heavy atom. The van der Waals surface area contributed by atoms with Crippen LogP contribution in [0.3, 0.4) is 0 Å². The van der Waals surface area contributed by atoms with Gasteiger partial charge in [-0.25, -0.2) is 4.99 Å². The molecule has 1 aromatic rings. The number of fused-ring (bicyclic) bond motifs is 3. The molecule has 2 aliphatic heterocycles. The third kappa shape index (κ3) is 1.38. The number of aliphatic imine (C=N–C) groups is 1. The van der Waals surface area contributed by atoms with E-state index >= 15 is 0 Å². The largest absolute Gasteiger partial charge is 0.399 e. The number of nitrogens with one attached hydrogen (secondary N) is 2. The zero-order chi connectivity index (χ0) is 13.9. The van der Waals surface area contributed by atoms with Crippen molar-refractivity contribution in [1.82, 2.24) is 10.6 Å². The summed E-state index contributed by atoms with van der Waals surface area (Å²) >= 11 is 6.30. The lowest BCUT2D eigenvalue weighted by Gasteiger charge is -2.24. The van der Waals surface area contributed by atoms with Crippen LogP contribution in [0.5, 0.6) is 0 Å². The molecule has 0 radical (unpaired) electrons. The molecule has 0 aromatic heterocycles. The number of carbonyl (C=O) groups is 1. The molecule has 3 aliphatic rings. The molecule has 1 spiro atoms. The maximum atomic E-state index is 12.5. The molecule has 0 saturated carbocycles. The van der Waals surface area contributed by atoms with Crippen LogP contribution < -0.4 is 16.4 Å². The topological polar surface area (TPSA) is 79.5 Å². The zero-order valence-corrected chi connectivity index (χ0v) is 11.4.